The summed E-state index contributed by atoms with van der Waals surface area (Å²) < 4.78 is 28.3. The molecular weight excluding hydrogens is 370 g/mol. The van der Waals surface area contributed by atoms with Crippen LogP contribution in [0.2, 0.25) is 0 Å². The van der Waals surface area contributed by atoms with Crippen LogP contribution in [0.25, 0.3) is 22.2 Å². The Labute approximate surface area is 157 Å². The van der Waals surface area contributed by atoms with Gasteiger partial charge in [0.2, 0.25) is 10.0 Å². The lowest BCUT2D eigenvalue weighted by atomic mass is 10.0. The van der Waals surface area contributed by atoms with Gasteiger partial charge in [0.15, 0.2) is 11.9 Å². The predicted molar refractivity (Wildman–Crippen MR) is 103 cm³/mol. The van der Waals surface area contributed by atoms with Crippen molar-refractivity contribution in [2.24, 2.45) is 0 Å². The number of thiol groups is 1. The van der Waals surface area contributed by atoms with Crippen LogP contribution in [0.4, 0.5) is 0 Å². The van der Waals surface area contributed by atoms with Crippen LogP contribution < -0.4 is 0 Å². The van der Waals surface area contributed by atoms with E-state index >= 15 is 0 Å². The van der Waals surface area contributed by atoms with Gasteiger partial charge in [0.05, 0.1) is 10.6 Å². The largest absolute Gasteiger partial charge is 0.296 e. The standard InChI is InChI=1S/C18H17N3O3S2/c22-12-14-11-17-16(7-8-19-18(17)21(14)25)13-3-5-15(6-4-13)26(23,24)20-9-1-2-10-20/h3-8,11-12,25H,1-2,9-10H2. The first-order chi connectivity index (χ1) is 12.5. The molecule has 134 valence electrons. The average Bonchev–Trinajstić information content (AvgIpc) is 3.31. The molecule has 0 amide bonds. The van der Waals surface area contributed by atoms with Crippen LogP contribution in [0.5, 0.6) is 0 Å². The molecule has 1 saturated heterocycles. The highest BCUT2D eigenvalue weighted by molar-refractivity contribution is 7.89. The van der Waals surface area contributed by atoms with Gasteiger partial charge in [-0.3, -0.25) is 8.77 Å². The normalized spacial score (nSPS) is 15.6. The molecule has 0 aliphatic carbocycles. The molecule has 6 nitrogen and oxygen atoms in total. The quantitative estimate of drug-likeness (QED) is 0.552. The Bertz CT molecular complexity index is 1080. The van der Waals surface area contributed by atoms with Gasteiger partial charge in [-0.25, -0.2) is 13.4 Å². The van der Waals surface area contributed by atoms with E-state index in [4.69, 9.17) is 0 Å². The highest BCUT2D eigenvalue weighted by Crippen LogP contribution is 2.31. The van der Waals surface area contributed by atoms with Crippen LogP contribution in [-0.2, 0) is 10.0 Å². The number of hydrogen-bond acceptors (Lipinski definition) is 5. The molecule has 0 bridgehead atoms. The first-order valence-electron chi connectivity index (χ1n) is 8.28. The minimum Gasteiger partial charge on any atom is -0.296 e. The van der Waals surface area contributed by atoms with E-state index in [1.165, 1.54) is 8.28 Å². The summed E-state index contributed by atoms with van der Waals surface area (Å²) in [5.41, 5.74) is 2.73. The van der Waals surface area contributed by atoms with Gasteiger partial charge in [0, 0.05) is 24.7 Å². The molecule has 0 N–H and O–H groups in total. The summed E-state index contributed by atoms with van der Waals surface area (Å²) in [5, 5.41) is 0.791. The lowest BCUT2D eigenvalue weighted by molar-refractivity contribution is 0.111. The smallest absolute Gasteiger partial charge is 0.243 e. The van der Waals surface area contributed by atoms with E-state index in [1.54, 1.807) is 36.5 Å². The second kappa shape index (κ2) is 6.53. The molecule has 1 aliphatic rings. The molecule has 1 aromatic carbocycles. The van der Waals surface area contributed by atoms with Gasteiger partial charge < -0.3 is 0 Å². The number of pyridine rings is 1. The third-order valence-electron chi connectivity index (χ3n) is 4.70. The fourth-order valence-corrected chi connectivity index (χ4v) is 5.11. The third kappa shape index (κ3) is 2.74. The van der Waals surface area contributed by atoms with Gasteiger partial charge in [-0.15, -0.1) is 0 Å². The molecule has 3 heterocycles. The molecule has 4 rings (SSSR count). The second-order valence-corrected chi connectivity index (χ2v) is 8.57. The van der Waals surface area contributed by atoms with E-state index < -0.39 is 10.0 Å². The number of carbonyl (C=O) groups excluding carboxylic acids is 1. The van der Waals surface area contributed by atoms with Crippen molar-refractivity contribution in [3.8, 4) is 11.1 Å². The van der Waals surface area contributed by atoms with Crippen molar-refractivity contribution < 1.29 is 13.2 Å². The SMILES string of the molecule is O=Cc1cc2c(-c3ccc(S(=O)(=O)N4CCCC4)cc3)ccnc2n1S. The van der Waals surface area contributed by atoms with Crippen molar-refractivity contribution in [2.75, 3.05) is 13.1 Å². The minimum atomic E-state index is -3.43. The predicted octanol–water partition coefficient (Wildman–Crippen LogP) is 2.99. The Morgan fingerprint density at radius 3 is 2.42 bits per heavy atom. The van der Waals surface area contributed by atoms with Gasteiger partial charge in [0.1, 0.15) is 0 Å². The molecule has 0 unspecified atom stereocenters. The molecular formula is C18H17N3O3S2. The number of benzene rings is 1. The Morgan fingerprint density at radius 1 is 1.08 bits per heavy atom. The fraction of sp³-hybridized carbons (Fsp3) is 0.222. The molecule has 1 aliphatic heterocycles. The van der Waals surface area contributed by atoms with E-state index in [9.17, 15) is 13.2 Å². The number of rotatable bonds is 4. The van der Waals surface area contributed by atoms with Gasteiger partial charge in [0.25, 0.3) is 0 Å². The molecule has 3 aromatic rings. The molecule has 26 heavy (non-hydrogen) atoms. The maximum atomic E-state index is 12.6. The number of hydrogen-bond donors (Lipinski definition) is 1. The average molecular weight is 387 g/mol. The maximum Gasteiger partial charge on any atom is 0.243 e. The van der Waals surface area contributed by atoms with E-state index in [0.29, 0.717) is 29.3 Å². The van der Waals surface area contributed by atoms with Gasteiger partial charge in [-0.2, -0.15) is 4.31 Å². The second-order valence-electron chi connectivity index (χ2n) is 6.23. The molecule has 1 fully saturated rings. The Hall–Kier alpha value is -2.16. The number of aromatic nitrogens is 2. The van der Waals surface area contributed by atoms with Crippen LogP contribution in [0.3, 0.4) is 0 Å². The van der Waals surface area contributed by atoms with E-state index in [-0.39, 0.29) is 0 Å². The first-order valence-corrected chi connectivity index (χ1v) is 10.1. The summed E-state index contributed by atoms with van der Waals surface area (Å²) in [5.74, 6) is 0. The third-order valence-corrected chi connectivity index (χ3v) is 7.03. The van der Waals surface area contributed by atoms with Crippen LogP contribution in [-0.4, -0.2) is 41.1 Å². The van der Waals surface area contributed by atoms with Gasteiger partial charge in [-0.05, 0) is 48.2 Å². The van der Waals surface area contributed by atoms with Crippen LogP contribution in [0, 0.1) is 0 Å². The van der Waals surface area contributed by atoms with E-state index in [0.717, 1.165) is 35.6 Å². The Kier molecular flexibility index (Phi) is 4.34. The molecule has 8 heteroatoms. The first kappa shape index (κ1) is 17.3. The minimum absolute atomic E-state index is 0.300. The molecule has 0 radical (unpaired) electrons. The fourth-order valence-electron chi connectivity index (χ4n) is 3.32. The number of fused-ring (bicyclic) bond motifs is 1. The van der Waals surface area contributed by atoms with Gasteiger partial charge >= 0.3 is 0 Å². The van der Waals surface area contributed by atoms with E-state index in [1.807, 2.05) is 6.07 Å². The highest BCUT2D eigenvalue weighted by Gasteiger charge is 2.27. The number of carbonyl (C=O) groups is 1. The lowest BCUT2D eigenvalue weighted by Gasteiger charge is -2.15. The number of nitrogens with zero attached hydrogens (tertiary/aromatic N) is 3. The summed E-state index contributed by atoms with van der Waals surface area (Å²) in [7, 11) is -3.43. The summed E-state index contributed by atoms with van der Waals surface area (Å²) in [6.07, 6.45) is 4.19. The zero-order valence-electron chi connectivity index (χ0n) is 13.9. The topological polar surface area (TPSA) is 72.3 Å². The zero-order valence-corrected chi connectivity index (χ0v) is 15.6. The van der Waals surface area contributed by atoms with Crippen molar-refractivity contribution in [1.29, 1.82) is 0 Å². The van der Waals surface area contributed by atoms with Crippen molar-refractivity contribution >= 4 is 40.2 Å². The van der Waals surface area contributed by atoms with E-state index in [2.05, 4.69) is 17.8 Å². The highest BCUT2D eigenvalue weighted by atomic mass is 32.2. The Morgan fingerprint density at radius 2 is 1.77 bits per heavy atom. The molecule has 0 saturated carbocycles. The van der Waals surface area contributed by atoms with Crippen LogP contribution in [0.15, 0.2) is 47.5 Å². The van der Waals surface area contributed by atoms with Crippen molar-refractivity contribution in [2.45, 2.75) is 17.7 Å². The zero-order chi connectivity index (χ0) is 18.3. The maximum absolute atomic E-state index is 12.6. The molecule has 0 atom stereocenters. The summed E-state index contributed by atoms with van der Waals surface area (Å²) >= 11 is 4.30. The summed E-state index contributed by atoms with van der Waals surface area (Å²) in [4.78, 5) is 15.7. The van der Waals surface area contributed by atoms with Crippen LogP contribution in [0.1, 0.15) is 23.3 Å². The lowest BCUT2D eigenvalue weighted by Crippen LogP contribution is -2.27. The Balaban J connectivity index is 1.76. The molecule has 2 aromatic heterocycles. The van der Waals surface area contributed by atoms with Gasteiger partial charge in [-0.1, -0.05) is 24.9 Å². The monoisotopic (exact) mass is 387 g/mol. The van der Waals surface area contributed by atoms with Crippen LogP contribution >= 0.6 is 12.8 Å². The van der Waals surface area contributed by atoms with Crippen molar-refractivity contribution in [3.63, 3.8) is 0 Å². The number of sulfonamides is 1. The van der Waals surface area contributed by atoms with Crippen molar-refractivity contribution in [3.05, 3.63) is 48.3 Å². The number of aldehydes is 1. The summed E-state index contributed by atoms with van der Waals surface area (Å²) in [6, 6.07) is 10.4. The van der Waals surface area contributed by atoms with Crippen molar-refractivity contribution in [1.82, 2.24) is 13.3 Å². The summed E-state index contributed by atoms with van der Waals surface area (Å²) in [6.45, 7) is 1.16. The molecule has 0 spiro atoms.